The SMILES string of the molecule is CCc1ccccc1NC(=O)NNC(=O)c1ccccc1O. The average molecular weight is 299 g/mol. The van der Waals surface area contributed by atoms with Gasteiger partial charge in [-0.2, -0.15) is 0 Å². The topological polar surface area (TPSA) is 90.5 Å². The highest BCUT2D eigenvalue weighted by molar-refractivity contribution is 5.99. The smallest absolute Gasteiger partial charge is 0.337 e. The summed E-state index contributed by atoms with van der Waals surface area (Å²) in [6.07, 6.45) is 0.778. The first-order valence-corrected chi connectivity index (χ1v) is 6.85. The van der Waals surface area contributed by atoms with E-state index < -0.39 is 11.9 Å². The molecule has 6 nitrogen and oxygen atoms in total. The van der Waals surface area contributed by atoms with Crippen molar-refractivity contribution in [2.75, 3.05) is 5.32 Å². The van der Waals surface area contributed by atoms with Gasteiger partial charge in [0, 0.05) is 5.69 Å². The molecule has 0 aliphatic carbocycles. The van der Waals surface area contributed by atoms with E-state index in [2.05, 4.69) is 16.2 Å². The monoisotopic (exact) mass is 299 g/mol. The Hall–Kier alpha value is -3.02. The molecule has 0 saturated carbocycles. The summed E-state index contributed by atoms with van der Waals surface area (Å²) < 4.78 is 0. The van der Waals surface area contributed by atoms with Crippen LogP contribution in [0.1, 0.15) is 22.8 Å². The zero-order valence-electron chi connectivity index (χ0n) is 12.1. The number of carbonyl (C=O) groups is 2. The quantitative estimate of drug-likeness (QED) is 0.656. The van der Waals surface area contributed by atoms with Gasteiger partial charge in [-0.1, -0.05) is 37.3 Å². The molecular weight excluding hydrogens is 282 g/mol. The lowest BCUT2D eigenvalue weighted by Gasteiger charge is -2.12. The molecule has 0 saturated heterocycles. The van der Waals surface area contributed by atoms with Gasteiger partial charge >= 0.3 is 6.03 Å². The van der Waals surface area contributed by atoms with E-state index in [-0.39, 0.29) is 11.3 Å². The first-order valence-electron chi connectivity index (χ1n) is 6.85. The third-order valence-electron chi connectivity index (χ3n) is 3.08. The Morgan fingerprint density at radius 1 is 1.00 bits per heavy atom. The molecule has 0 spiro atoms. The number of phenols is 1. The van der Waals surface area contributed by atoms with Gasteiger partial charge < -0.3 is 10.4 Å². The highest BCUT2D eigenvalue weighted by Gasteiger charge is 2.11. The van der Waals surface area contributed by atoms with E-state index in [0.717, 1.165) is 12.0 Å². The number of carbonyl (C=O) groups excluding carboxylic acids is 2. The highest BCUT2D eigenvalue weighted by atomic mass is 16.3. The molecule has 0 aliphatic heterocycles. The second kappa shape index (κ2) is 7.12. The number of aromatic hydroxyl groups is 1. The molecule has 0 heterocycles. The van der Waals surface area contributed by atoms with Crippen LogP contribution in [0.15, 0.2) is 48.5 Å². The number of hydrazine groups is 1. The first kappa shape index (κ1) is 15.4. The van der Waals surface area contributed by atoms with Crippen LogP contribution >= 0.6 is 0 Å². The van der Waals surface area contributed by atoms with Crippen molar-refractivity contribution in [2.24, 2.45) is 0 Å². The zero-order chi connectivity index (χ0) is 15.9. The van der Waals surface area contributed by atoms with Gasteiger partial charge in [-0.3, -0.25) is 10.2 Å². The fraction of sp³-hybridized carbons (Fsp3) is 0.125. The standard InChI is InChI=1S/C16H17N3O3/c1-2-11-7-3-5-9-13(11)17-16(22)19-18-15(21)12-8-4-6-10-14(12)20/h3-10,20H,2H2,1H3,(H,18,21)(H2,17,19,22). The molecule has 0 unspecified atom stereocenters. The van der Waals surface area contributed by atoms with Crippen molar-refractivity contribution in [3.8, 4) is 5.75 Å². The van der Waals surface area contributed by atoms with Gasteiger partial charge in [0.25, 0.3) is 5.91 Å². The maximum atomic E-state index is 11.8. The lowest BCUT2D eigenvalue weighted by molar-refractivity contribution is 0.0935. The van der Waals surface area contributed by atoms with Gasteiger partial charge in [-0.05, 0) is 30.2 Å². The molecule has 114 valence electrons. The molecule has 0 atom stereocenters. The van der Waals surface area contributed by atoms with Gasteiger partial charge in [-0.25, -0.2) is 10.2 Å². The summed E-state index contributed by atoms with van der Waals surface area (Å²) in [5.41, 5.74) is 6.23. The Bertz CT molecular complexity index is 686. The average Bonchev–Trinajstić information content (AvgIpc) is 2.53. The van der Waals surface area contributed by atoms with E-state index in [1.807, 2.05) is 25.1 Å². The summed E-state index contributed by atoms with van der Waals surface area (Å²) in [6.45, 7) is 1.98. The van der Waals surface area contributed by atoms with Gasteiger partial charge in [0.05, 0.1) is 5.56 Å². The van der Waals surface area contributed by atoms with Gasteiger partial charge in [0.2, 0.25) is 0 Å². The Morgan fingerprint density at radius 3 is 2.41 bits per heavy atom. The summed E-state index contributed by atoms with van der Waals surface area (Å²) >= 11 is 0. The lowest BCUT2D eigenvalue weighted by atomic mass is 10.1. The number of amides is 3. The molecule has 2 rings (SSSR count). The molecule has 0 bridgehead atoms. The second-order valence-corrected chi connectivity index (χ2v) is 4.56. The fourth-order valence-electron chi connectivity index (χ4n) is 1.95. The molecule has 2 aromatic carbocycles. The number of para-hydroxylation sites is 2. The second-order valence-electron chi connectivity index (χ2n) is 4.56. The summed E-state index contributed by atoms with van der Waals surface area (Å²) in [5.74, 6) is -0.754. The van der Waals surface area contributed by atoms with Crippen molar-refractivity contribution in [1.29, 1.82) is 0 Å². The minimum atomic E-state index is -0.600. The predicted octanol–water partition coefficient (Wildman–Crippen LogP) is 2.42. The Kier molecular flexibility index (Phi) is 4.98. The maximum Gasteiger partial charge on any atom is 0.337 e. The maximum absolute atomic E-state index is 11.8. The predicted molar refractivity (Wildman–Crippen MR) is 83.5 cm³/mol. The van der Waals surface area contributed by atoms with Crippen LogP contribution in [0.5, 0.6) is 5.75 Å². The number of rotatable bonds is 3. The van der Waals surface area contributed by atoms with Crippen LogP contribution in [0.25, 0.3) is 0 Å². The van der Waals surface area contributed by atoms with Gasteiger partial charge in [-0.15, -0.1) is 0 Å². The minimum Gasteiger partial charge on any atom is -0.507 e. The zero-order valence-corrected chi connectivity index (χ0v) is 12.1. The summed E-state index contributed by atoms with van der Waals surface area (Å²) in [5, 5.41) is 12.2. The van der Waals surface area contributed by atoms with Crippen molar-refractivity contribution in [1.82, 2.24) is 10.9 Å². The third kappa shape index (κ3) is 3.76. The molecule has 3 amide bonds. The number of urea groups is 1. The number of hydrogen-bond donors (Lipinski definition) is 4. The number of aryl methyl sites for hydroxylation is 1. The molecule has 0 aromatic heterocycles. The molecule has 22 heavy (non-hydrogen) atoms. The minimum absolute atomic E-state index is 0.0803. The van der Waals surface area contributed by atoms with E-state index in [4.69, 9.17) is 0 Å². The van der Waals surface area contributed by atoms with E-state index in [1.54, 1.807) is 18.2 Å². The van der Waals surface area contributed by atoms with Crippen molar-refractivity contribution in [2.45, 2.75) is 13.3 Å². The molecule has 4 N–H and O–H groups in total. The summed E-state index contributed by atoms with van der Waals surface area (Å²) in [6, 6.07) is 12.9. The molecule has 2 aromatic rings. The molecule has 0 aliphatic rings. The number of nitrogens with one attached hydrogen (secondary N) is 3. The molecular formula is C16H17N3O3. The first-order chi connectivity index (χ1) is 10.6. The van der Waals surface area contributed by atoms with Crippen molar-refractivity contribution in [3.63, 3.8) is 0 Å². The number of phenolic OH excluding ortho intramolecular Hbond substituents is 1. The van der Waals surface area contributed by atoms with Crippen LogP contribution < -0.4 is 16.2 Å². The largest absolute Gasteiger partial charge is 0.507 e. The number of anilines is 1. The van der Waals surface area contributed by atoms with Crippen LogP contribution in [0.4, 0.5) is 10.5 Å². The van der Waals surface area contributed by atoms with Crippen LogP contribution in [0.2, 0.25) is 0 Å². The van der Waals surface area contributed by atoms with E-state index in [0.29, 0.717) is 5.69 Å². The van der Waals surface area contributed by atoms with E-state index in [1.165, 1.54) is 12.1 Å². The van der Waals surface area contributed by atoms with Crippen LogP contribution in [-0.2, 0) is 6.42 Å². The van der Waals surface area contributed by atoms with Crippen molar-refractivity contribution in [3.05, 3.63) is 59.7 Å². The molecule has 0 radical (unpaired) electrons. The van der Waals surface area contributed by atoms with E-state index in [9.17, 15) is 14.7 Å². The van der Waals surface area contributed by atoms with Gasteiger partial charge in [0.15, 0.2) is 0 Å². The Morgan fingerprint density at radius 2 is 1.68 bits per heavy atom. The lowest BCUT2D eigenvalue weighted by Crippen LogP contribution is -2.44. The fourth-order valence-corrected chi connectivity index (χ4v) is 1.95. The number of benzene rings is 2. The van der Waals surface area contributed by atoms with Crippen LogP contribution in [0.3, 0.4) is 0 Å². The van der Waals surface area contributed by atoms with E-state index >= 15 is 0 Å². The highest BCUT2D eigenvalue weighted by Crippen LogP contribution is 2.16. The summed E-state index contributed by atoms with van der Waals surface area (Å²) in [4.78, 5) is 23.6. The summed E-state index contributed by atoms with van der Waals surface area (Å²) in [7, 11) is 0. The number of hydrogen-bond acceptors (Lipinski definition) is 3. The normalized spacial score (nSPS) is 9.86. The molecule has 6 heteroatoms. The van der Waals surface area contributed by atoms with Crippen LogP contribution in [-0.4, -0.2) is 17.0 Å². The molecule has 0 fully saturated rings. The Balaban J connectivity index is 1.93. The third-order valence-corrected chi connectivity index (χ3v) is 3.08. The van der Waals surface area contributed by atoms with Crippen LogP contribution in [0, 0.1) is 0 Å². The van der Waals surface area contributed by atoms with Gasteiger partial charge in [0.1, 0.15) is 5.75 Å². The Labute approximate surface area is 128 Å². The van der Waals surface area contributed by atoms with Crippen molar-refractivity contribution < 1.29 is 14.7 Å². The van der Waals surface area contributed by atoms with Crippen molar-refractivity contribution >= 4 is 17.6 Å².